The zero-order valence-corrected chi connectivity index (χ0v) is 15.0. The van der Waals surface area contributed by atoms with Gasteiger partial charge in [0.25, 0.3) is 5.56 Å². The number of hydrogen-bond acceptors (Lipinski definition) is 3. The summed E-state index contributed by atoms with van der Waals surface area (Å²) in [5, 5.41) is 7.82. The first kappa shape index (κ1) is 17.0. The van der Waals surface area contributed by atoms with Crippen LogP contribution in [-0.2, 0) is 11.3 Å². The largest absolute Gasteiger partial charge is 0.354 e. The highest BCUT2D eigenvalue weighted by Gasteiger charge is 2.35. The van der Waals surface area contributed by atoms with Gasteiger partial charge < -0.3 is 5.32 Å². The van der Waals surface area contributed by atoms with Gasteiger partial charge in [-0.25, -0.2) is 4.68 Å². The molecule has 1 N–H and O–H groups in total. The lowest BCUT2D eigenvalue weighted by Gasteiger charge is -2.18. The zero-order valence-electron chi connectivity index (χ0n) is 14.3. The first-order valence-corrected chi connectivity index (χ1v) is 9.26. The average Bonchev–Trinajstić information content (AvgIpc) is 3.25. The molecule has 1 heterocycles. The second-order valence-electron chi connectivity index (χ2n) is 7.04. The van der Waals surface area contributed by atoms with E-state index < -0.39 is 0 Å². The van der Waals surface area contributed by atoms with E-state index in [4.69, 9.17) is 11.6 Å². The number of carbonyl (C=O) groups is 1. The lowest BCUT2D eigenvalue weighted by Crippen LogP contribution is -2.36. The molecule has 3 atom stereocenters. The average molecular weight is 370 g/mol. The maximum absolute atomic E-state index is 12.3. The number of amides is 1. The highest BCUT2D eigenvalue weighted by Crippen LogP contribution is 2.42. The molecule has 5 nitrogen and oxygen atoms in total. The van der Waals surface area contributed by atoms with Crippen LogP contribution in [-0.4, -0.2) is 22.2 Å². The number of allylic oxidation sites excluding steroid dienone is 2. The van der Waals surface area contributed by atoms with Crippen molar-refractivity contribution in [2.45, 2.75) is 19.4 Å². The molecule has 134 valence electrons. The van der Waals surface area contributed by atoms with Crippen LogP contribution in [0.1, 0.15) is 12.8 Å². The Hall–Kier alpha value is -2.40. The summed E-state index contributed by atoms with van der Waals surface area (Å²) in [4.78, 5) is 24.4. The number of fused-ring (bicyclic) bond motifs is 2. The van der Waals surface area contributed by atoms with Gasteiger partial charge in [0.05, 0.1) is 10.7 Å². The van der Waals surface area contributed by atoms with Gasteiger partial charge in [0.15, 0.2) is 0 Å². The predicted octanol–water partition coefficient (Wildman–Crippen LogP) is 2.89. The van der Waals surface area contributed by atoms with Gasteiger partial charge in [-0.15, -0.1) is 0 Å². The van der Waals surface area contributed by atoms with E-state index in [2.05, 4.69) is 22.6 Å². The van der Waals surface area contributed by atoms with Crippen LogP contribution in [0.25, 0.3) is 11.3 Å². The first-order valence-electron chi connectivity index (χ1n) is 8.88. The van der Waals surface area contributed by atoms with E-state index in [0.717, 1.165) is 12.0 Å². The summed E-state index contributed by atoms with van der Waals surface area (Å²) < 4.78 is 1.19. The predicted molar refractivity (Wildman–Crippen MR) is 101 cm³/mol. The van der Waals surface area contributed by atoms with Crippen LogP contribution >= 0.6 is 11.6 Å². The molecular weight excluding hydrogens is 350 g/mol. The number of carbonyl (C=O) groups excluding carboxylic acids is 1. The van der Waals surface area contributed by atoms with Crippen molar-refractivity contribution in [1.29, 1.82) is 0 Å². The van der Waals surface area contributed by atoms with Crippen molar-refractivity contribution in [3.8, 4) is 11.3 Å². The fourth-order valence-electron chi connectivity index (χ4n) is 3.94. The molecule has 6 heteroatoms. The molecule has 1 amide bonds. The van der Waals surface area contributed by atoms with Crippen LogP contribution < -0.4 is 10.9 Å². The first-order chi connectivity index (χ1) is 12.6. The Balaban J connectivity index is 1.43. The summed E-state index contributed by atoms with van der Waals surface area (Å²) in [7, 11) is 0. The summed E-state index contributed by atoms with van der Waals surface area (Å²) in [5.74, 6) is 1.58. The number of rotatable bonds is 5. The van der Waals surface area contributed by atoms with Crippen LogP contribution in [0.2, 0.25) is 5.02 Å². The molecule has 2 aliphatic carbocycles. The molecule has 2 bridgehead atoms. The lowest BCUT2D eigenvalue weighted by molar-refractivity contribution is -0.122. The molecule has 2 aliphatic rings. The van der Waals surface area contributed by atoms with E-state index >= 15 is 0 Å². The number of nitrogens with one attached hydrogen (secondary N) is 1. The number of halogens is 1. The van der Waals surface area contributed by atoms with E-state index in [0.29, 0.717) is 35.0 Å². The third kappa shape index (κ3) is 3.44. The van der Waals surface area contributed by atoms with Crippen molar-refractivity contribution in [3.05, 3.63) is 63.9 Å². The van der Waals surface area contributed by atoms with Crippen molar-refractivity contribution in [3.63, 3.8) is 0 Å². The van der Waals surface area contributed by atoms with E-state index in [9.17, 15) is 9.59 Å². The summed E-state index contributed by atoms with van der Waals surface area (Å²) in [6, 6.07) is 10.3. The Morgan fingerprint density at radius 3 is 2.77 bits per heavy atom. The molecule has 1 aromatic heterocycles. The minimum absolute atomic E-state index is 0.0895. The molecule has 26 heavy (non-hydrogen) atoms. The van der Waals surface area contributed by atoms with Crippen molar-refractivity contribution < 1.29 is 4.79 Å². The third-order valence-corrected chi connectivity index (χ3v) is 5.62. The minimum atomic E-state index is -0.307. The van der Waals surface area contributed by atoms with E-state index in [1.54, 1.807) is 12.1 Å². The molecule has 1 aromatic carbocycles. The fraction of sp³-hybridized carbons (Fsp3) is 0.350. The van der Waals surface area contributed by atoms with Gasteiger partial charge in [0.1, 0.15) is 6.54 Å². The Morgan fingerprint density at radius 1 is 1.19 bits per heavy atom. The van der Waals surface area contributed by atoms with Crippen LogP contribution in [0.4, 0.5) is 0 Å². The van der Waals surface area contributed by atoms with Crippen molar-refractivity contribution >= 4 is 17.5 Å². The van der Waals surface area contributed by atoms with Gasteiger partial charge in [-0.2, -0.15) is 5.10 Å². The van der Waals surface area contributed by atoms with Crippen molar-refractivity contribution in [2.24, 2.45) is 17.8 Å². The van der Waals surface area contributed by atoms with Gasteiger partial charge in [-0.05, 0) is 42.7 Å². The Morgan fingerprint density at radius 2 is 2.04 bits per heavy atom. The fourth-order valence-corrected chi connectivity index (χ4v) is 4.17. The van der Waals surface area contributed by atoms with Gasteiger partial charge in [-0.3, -0.25) is 9.59 Å². The standard InChI is InChI=1S/C20H20ClN3O2/c21-17-4-2-1-3-16(17)18-7-8-20(26)24(23-18)12-19(25)22-11-15-10-13-5-6-14(15)9-13/h1-8,13-15H,9-12H2,(H,22,25)/t13-,14-,15-/m0/s1. The molecule has 1 fully saturated rings. The van der Waals surface area contributed by atoms with Gasteiger partial charge in [-0.1, -0.05) is 42.0 Å². The van der Waals surface area contributed by atoms with E-state index in [1.807, 2.05) is 18.2 Å². The van der Waals surface area contributed by atoms with Gasteiger partial charge >= 0.3 is 0 Å². The van der Waals surface area contributed by atoms with E-state index in [1.165, 1.54) is 17.2 Å². The summed E-state index contributed by atoms with van der Waals surface area (Å²) in [6.07, 6.45) is 6.90. The van der Waals surface area contributed by atoms with Gasteiger partial charge in [0.2, 0.25) is 5.91 Å². The minimum Gasteiger partial charge on any atom is -0.354 e. The lowest BCUT2D eigenvalue weighted by atomic mass is 9.94. The van der Waals surface area contributed by atoms with Crippen LogP contribution in [0, 0.1) is 17.8 Å². The van der Waals surface area contributed by atoms with E-state index in [-0.39, 0.29) is 18.0 Å². The third-order valence-electron chi connectivity index (χ3n) is 5.29. The number of nitrogens with zero attached hydrogens (tertiary/aromatic N) is 2. The molecule has 1 saturated carbocycles. The normalized spacial score (nSPS) is 23.3. The zero-order chi connectivity index (χ0) is 18.1. The second kappa shape index (κ2) is 7.08. The Kier molecular flexibility index (Phi) is 4.64. The molecular formula is C20H20ClN3O2. The van der Waals surface area contributed by atoms with Crippen LogP contribution in [0.5, 0.6) is 0 Å². The molecule has 0 radical (unpaired) electrons. The quantitative estimate of drug-likeness (QED) is 0.824. The molecule has 2 aromatic rings. The highest BCUT2D eigenvalue weighted by atomic mass is 35.5. The monoisotopic (exact) mass is 369 g/mol. The summed E-state index contributed by atoms with van der Waals surface area (Å²) in [6.45, 7) is 0.567. The number of benzene rings is 1. The van der Waals surface area contributed by atoms with Crippen molar-refractivity contribution in [2.75, 3.05) is 6.54 Å². The maximum Gasteiger partial charge on any atom is 0.267 e. The Labute approximate surface area is 156 Å². The number of hydrogen-bond donors (Lipinski definition) is 1. The van der Waals surface area contributed by atoms with Crippen LogP contribution in [0.15, 0.2) is 53.3 Å². The maximum atomic E-state index is 12.3. The SMILES string of the molecule is O=C(Cn1nc(-c2ccccc2Cl)ccc1=O)NC[C@@H]1C[C@H]2C=C[C@H]1C2. The molecule has 0 aliphatic heterocycles. The van der Waals surface area contributed by atoms with Crippen LogP contribution in [0.3, 0.4) is 0 Å². The van der Waals surface area contributed by atoms with Crippen molar-refractivity contribution in [1.82, 2.24) is 15.1 Å². The smallest absolute Gasteiger partial charge is 0.267 e. The highest BCUT2D eigenvalue weighted by molar-refractivity contribution is 6.33. The van der Waals surface area contributed by atoms with Gasteiger partial charge in [0, 0.05) is 18.2 Å². The molecule has 0 unspecified atom stereocenters. The molecule has 0 saturated heterocycles. The molecule has 0 spiro atoms. The molecule has 4 rings (SSSR count). The Bertz CT molecular complexity index is 921. The topological polar surface area (TPSA) is 64.0 Å². The summed E-state index contributed by atoms with van der Waals surface area (Å²) in [5.41, 5.74) is 0.997. The second-order valence-corrected chi connectivity index (χ2v) is 7.45. The summed E-state index contributed by atoms with van der Waals surface area (Å²) >= 11 is 6.20. The number of aromatic nitrogens is 2.